The number of thiazole rings is 1. The van der Waals surface area contributed by atoms with E-state index in [2.05, 4.69) is 20.6 Å². The van der Waals surface area contributed by atoms with Crippen molar-refractivity contribution in [3.63, 3.8) is 0 Å². The van der Waals surface area contributed by atoms with Gasteiger partial charge in [0, 0.05) is 18.0 Å². The Labute approximate surface area is 198 Å². The van der Waals surface area contributed by atoms with Crippen LogP contribution in [0.1, 0.15) is 38.6 Å². The number of fused-ring (bicyclic) bond motifs is 3. The van der Waals surface area contributed by atoms with Crippen LogP contribution in [0.5, 0.6) is 0 Å². The lowest BCUT2D eigenvalue weighted by atomic mass is 10.2. The second kappa shape index (κ2) is 8.73. The second-order valence-corrected chi connectivity index (χ2v) is 10.0. The molecule has 168 valence electrons. The molecule has 0 unspecified atom stereocenters. The number of carbonyl (C=O) groups excluding carboxylic acids is 2. The van der Waals surface area contributed by atoms with Gasteiger partial charge in [-0.25, -0.2) is 14.8 Å². The van der Waals surface area contributed by atoms with Crippen molar-refractivity contribution in [1.82, 2.24) is 19.9 Å². The lowest BCUT2D eigenvalue weighted by Crippen LogP contribution is -2.32. The smallest absolute Gasteiger partial charge is 0.321 e. The predicted octanol–water partition coefficient (Wildman–Crippen LogP) is 5.06. The maximum atomic E-state index is 12.2. The largest absolute Gasteiger partial charge is 0.460 e. The summed E-state index contributed by atoms with van der Waals surface area (Å²) in [7, 11) is 0. The quantitative estimate of drug-likeness (QED) is 0.378. The highest BCUT2D eigenvalue weighted by Gasteiger charge is 2.29. The molecule has 4 rings (SSSR count). The number of aromatic nitrogens is 3. The van der Waals surface area contributed by atoms with Crippen molar-refractivity contribution in [3.05, 3.63) is 46.0 Å². The Morgan fingerprint density at radius 2 is 2.03 bits per heavy atom. The molecule has 1 aliphatic carbocycles. The Morgan fingerprint density at radius 1 is 1.25 bits per heavy atom. The maximum Gasteiger partial charge on any atom is 0.321 e. The minimum absolute atomic E-state index is 0.0853. The zero-order valence-electron chi connectivity index (χ0n) is 17.7. The zero-order chi connectivity index (χ0) is 23.0. The molecule has 0 aliphatic heterocycles. The zero-order valence-corrected chi connectivity index (χ0v) is 20.0. The molecule has 8 nitrogen and oxygen atoms in total. The van der Waals surface area contributed by atoms with Crippen molar-refractivity contribution in [2.45, 2.75) is 39.2 Å². The van der Waals surface area contributed by atoms with Gasteiger partial charge in [0.1, 0.15) is 11.9 Å². The average molecular weight is 494 g/mol. The van der Waals surface area contributed by atoms with Crippen LogP contribution in [0.15, 0.2) is 24.5 Å². The summed E-state index contributed by atoms with van der Waals surface area (Å²) in [6.07, 6.45) is 2.36. The number of nitrogens with one attached hydrogen (secondary N) is 2. The highest BCUT2D eigenvalue weighted by Crippen LogP contribution is 2.43. The van der Waals surface area contributed by atoms with Crippen LogP contribution < -0.4 is 10.6 Å². The third kappa shape index (κ3) is 4.90. The van der Waals surface area contributed by atoms with E-state index in [0.29, 0.717) is 21.6 Å². The first-order chi connectivity index (χ1) is 15.1. The van der Waals surface area contributed by atoms with Gasteiger partial charge in [-0.3, -0.25) is 14.7 Å². The van der Waals surface area contributed by atoms with E-state index >= 15 is 0 Å². The van der Waals surface area contributed by atoms with Crippen LogP contribution >= 0.6 is 34.5 Å². The maximum absolute atomic E-state index is 12.2. The number of amides is 2. The van der Waals surface area contributed by atoms with Crippen molar-refractivity contribution in [2.75, 3.05) is 11.9 Å². The molecule has 3 aromatic rings. The second-order valence-electron chi connectivity index (χ2n) is 8.19. The molecule has 0 bridgehead atoms. The number of halogens is 2. The predicted molar refractivity (Wildman–Crippen MR) is 125 cm³/mol. The SMILES string of the molecule is CC(C)(C)OC(=O)CCNC(=O)Nc1nc2c(s1)-c1c(ncn1-c1cc(Cl)ccc1Cl)C2. The van der Waals surface area contributed by atoms with Gasteiger partial charge in [0.05, 0.1) is 39.1 Å². The Morgan fingerprint density at radius 3 is 2.78 bits per heavy atom. The summed E-state index contributed by atoms with van der Waals surface area (Å²) < 4.78 is 7.11. The van der Waals surface area contributed by atoms with E-state index in [-0.39, 0.29) is 18.9 Å². The summed E-state index contributed by atoms with van der Waals surface area (Å²) in [6, 6.07) is 4.81. The fraction of sp³-hybridized carbons (Fsp3) is 0.333. The van der Waals surface area contributed by atoms with Crippen LogP contribution in [-0.2, 0) is 16.0 Å². The fourth-order valence-electron chi connectivity index (χ4n) is 3.29. The third-order valence-corrected chi connectivity index (χ3v) is 6.09. The molecule has 1 aliphatic rings. The number of hydrogen-bond donors (Lipinski definition) is 2. The Balaban J connectivity index is 1.43. The first-order valence-electron chi connectivity index (χ1n) is 9.89. The molecule has 0 spiro atoms. The van der Waals surface area contributed by atoms with Gasteiger partial charge in [-0.15, -0.1) is 0 Å². The number of hydrogen-bond acceptors (Lipinski definition) is 6. The van der Waals surface area contributed by atoms with Gasteiger partial charge in [-0.2, -0.15) is 0 Å². The normalized spacial score (nSPS) is 12.3. The summed E-state index contributed by atoms with van der Waals surface area (Å²) in [5.74, 6) is -0.369. The van der Waals surface area contributed by atoms with Gasteiger partial charge in [0.2, 0.25) is 0 Å². The number of anilines is 1. The molecule has 2 aromatic heterocycles. The highest BCUT2D eigenvalue weighted by atomic mass is 35.5. The number of benzene rings is 1. The van der Waals surface area contributed by atoms with E-state index in [1.165, 1.54) is 11.3 Å². The van der Waals surface area contributed by atoms with Gasteiger partial charge in [-0.05, 0) is 39.0 Å². The Kier molecular flexibility index (Phi) is 6.15. The summed E-state index contributed by atoms with van der Waals surface area (Å²) in [5.41, 5.74) is 2.79. The lowest BCUT2D eigenvalue weighted by Gasteiger charge is -2.19. The summed E-state index contributed by atoms with van der Waals surface area (Å²) in [5, 5.41) is 6.95. The van der Waals surface area contributed by atoms with Crippen LogP contribution in [-0.4, -0.2) is 38.7 Å². The molecule has 2 amide bonds. The standard InChI is InChI=1S/C21H21Cl2N5O3S/c1-21(2,3)31-16(29)6-7-24-19(30)27-20-26-14-9-13-17(18(14)32-20)28(10-25-13)15-8-11(22)4-5-12(15)23/h4-5,8,10H,6-7,9H2,1-3H3,(H2,24,26,27,30). The Bertz CT molecular complexity index is 1200. The van der Waals surface area contributed by atoms with Crippen LogP contribution in [0.3, 0.4) is 0 Å². The van der Waals surface area contributed by atoms with Crippen LogP contribution in [0.4, 0.5) is 9.93 Å². The summed E-state index contributed by atoms with van der Waals surface area (Å²) >= 11 is 13.9. The van der Waals surface area contributed by atoms with Gasteiger partial charge in [0.25, 0.3) is 0 Å². The van der Waals surface area contributed by atoms with Gasteiger partial charge in [-0.1, -0.05) is 34.5 Å². The number of carbonyl (C=O) groups is 2. The minimum atomic E-state index is -0.554. The van der Waals surface area contributed by atoms with E-state index in [0.717, 1.165) is 27.6 Å². The first-order valence-corrected chi connectivity index (χ1v) is 11.5. The number of rotatable bonds is 5. The average Bonchev–Trinajstić information content (AvgIpc) is 3.33. The van der Waals surface area contributed by atoms with E-state index < -0.39 is 11.6 Å². The van der Waals surface area contributed by atoms with Gasteiger partial charge in [0.15, 0.2) is 5.13 Å². The van der Waals surface area contributed by atoms with Crippen molar-refractivity contribution in [3.8, 4) is 16.3 Å². The summed E-state index contributed by atoms with van der Waals surface area (Å²) in [6.45, 7) is 5.55. The molecule has 2 heterocycles. The Hall–Kier alpha value is -2.62. The lowest BCUT2D eigenvalue weighted by molar-refractivity contribution is -0.154. The number of nitrogens with zero attached hydrogens (tertiary/aromatic N) is 3. The van der Waals surface area contributed by atoms with Crippen LogP contribution in [0, 0.1) is 0 Å². The topological polar surface area (TPSA) is 98.1 Å². The van der Waals surface area contributed by atoms with E-state index in [1.54, 1.807) is 45.3 Å². The first kappa shape index (κ1) is 22.6. The van der Waals surface area contributed by atoms with E-state index in [9.17, 15) is 9.59 Å². The van der Waals surface area contributed by atoms with Crippen molar-refractivity contribution < 1.29 is 14.3 Å². The van der Waals surface area contributed by atoms with Gasteiger partial charge >= 0.3 is 12.0 Å². The highest BCUT2D eigenvalue weighted by molar-refractivity contribution is 7.19. The molecule has 0 saturated heterocycles. The van der Waals surface area contributed by atoms with Crippen molar-refractivity contribution >= 4 is 51.7 Å². The van der Waals surface area contributed by atoms with Crippen LogP contribution in [0.2, 0.25) is 10.0 Å². The molecule has 0 radical (unpaired) electrons. The molecule has 0 atom stereocenters. The molecule has 11 heteroatoms. The van der Waals surface area contributed by atoms with Gasteiger partial charge < -0.3 is 10.1 Å². The number of imidazole rings is 1. The number of urea groups is 1. The van der Waals surface area contributed by atoms with E-state index in [1.807, 2.05) is 4.57 Å². The monoisotopic (exact) mass is 493 g/mol. The number of esters is 1. The minimum Gasteiger partial charge on any atom is -0.460 e. The fourth-order valence-corrected chi connectivity index (χ4v) is 4.71. The molecule has 0 saturated carbocycles. The molecule has 32 heavy (non-hydrogen) atoms. The molecule has 1 aromatic carbocycles. The van der Waals surface area contributed by atoms with E-state index in [4.69, 9.17) is 27.9 Å². The molecular formula is C21H21Cl2N5O3S. The number of ether oxygens (including phenoxy) is 1. The molecule has 2 N–H and O–H groups in total. The molecular weight excluding hydrogens is 473 g/mol. The summed E-state index contributed by atoms with van der Waals surface area (Å²) in [4.78, 5) is 33.9. The van der Waals surface area contributed by atoms with Crippen molar-refractivity contribution in [1.29, 1.82) is 0 Å². The van der Waals surface area contributed by atoms with Crippen molar-refractivity contribution in [2.24, 2.45) is 0 Å². The molecule has 0 fully saturated rings. The third-order valence-electron chi connectivity index (χ3n) is 4.51. The van der Waals surface area contributed by atoms with Crippen LogP contribution in [0.25, 0.3) is 16.3 Å².